The lowest BCUT2D eigenvalue weighted by atomic mass is 9.96. The van der Waals surface area contributed by atoms with E-state index in [0.29, 0.717) is 5.75 Å². The van der Waals surface area contributed by atoms with Gasteiger partial charge in [-0.15, -0.1) is 0 Å². The van der Waals surface area contributed by atoms with Crippen LogP contribution in [-0.4, -0.2) is 5.11 Å². The van der Waals surface area contributed by atoms with Gasteiger partial charge in [-0.25, -0.2) is 0 Å². The van der Waals surface area contributed by atoms with Gasteiger partial charge in [-0.3, -0.25) is 0 Å². The van der Waals surface area contributed by atoms with Crippen molar-refractivity contribution in [1.82, 2.24) is 0 Å². The lowest BCUT2D eigenvalue weighted by molar-refractivity contribution is 0.481. The molecule has 1 heteroatoms. The first-order valence-corrected chi connectivity index (χ1v) is 4.79. The van der Waals surface area contributed by atoms with E-state index in [4.69, 9.17) is 0 Å². The van der Waals surface area contributed by atoms with Crippen molar-refractivity contribution in [3.63, 3.8) is 0 Å². The Morgan fingerprint density at radius 2 is 1.71 bits per heavy atom. The van der Waals surface area contributed by atoms with Gasteiger partial charge in [0.25, 0.3) is 0 Å². The van der Waals surface area contributed by atoms with E-state index in [0.717, 1.165) is 10.9 Å². The van der Waals surface area contributed by atoms with Crippen LogP contribution in [0.2, 0.25) is 0 Å². The van der Waals surface area contributed by atoms with Gasteiger partial charge in [-0.1, -0.05) is 18.2 Å². The maximum atomic E-state index is 9.80. The third-order valence-corrected chi connectivity index (χ3v) is 2.87. The van der Waals surface area contributed by atoms with E-state index in [-0.39, 0.29) is 0 Å². The summed E-state index contributed by atoms with van der Waals surface area (Å²) < 4.78 is 0. The molecule has 72 valence electrons. The molecule has 0 radical (unpaired) electrons. The van der Waals surface area contributed by atoms with Gasteiger partial charge in [0.2, 0.25) is 0 Å². The zero-order valence-electron chi connectivity index (χ0n) is 8.76. The smallest absolute Gasteiger partial charge is 0.123 e. The number of benzene rings is 2. The molecule has 14 heavy (non-hydrogen) atoms. The van der Waals surface area contributed by atoms with Crippen LogP contribution in [0, 0.1) is 20.8 Å². The molecular formula is C13H14O. The van der Waals surface area contributed by atoms with Crippen LogP contribution in [0.4, 0.5) is 0 Å². The monoisotopic (exact) mass is 186 g/mol. The highest BCUT2D eigenvalue weighted by Gasteiger charge is 2.07. The van der Waals surface area contributed by atoms with Crippen LogP contribution in [0.3, 0.4) is 0 Å². The maximum Gasteiger partial charge on any atom is 0.123 e. The molecule has 0 aliphatic carbocycles. The first-order valence-electron chi connectivity index (χ1n) is 4.79. The molecule has 0 spiro atoms. The van der Waals surface area contributed by atoms with E-state index >= 15 is 0 Å². The number of hydrogen-bond acceptors (Lipinski definition) is 1. The van der Waals surface area contributed by atoms with Gasteiger partial charge in [0.05, 0.1) is 0 Å². The molecule has 0 fully saturated rings. The summed E-state index contributed by atoms with van der Waals surface area (Å²) in [6.07, 6.45) is 0. The minimum Gasteiger partial charge on any atom is -0.507 e. The number of phenolic OH excluding ortho intramolecular Hbond substituents is 1. The molecule has 0 aromatic heterocycles. The third-order valence-electron chi connectivity index (χ3n) is 2.87. The minimum atomic E-state index is 0.381. The van der Waals surface area contributed by atoms with Gasteiger partial charge in [-0.05, 0) is 48.9 Å². The van der Waals surface area contributed by atoms with E-state index in [1.165, 1.54) is 16.5 Å². The molecule has 0 aliphatic heterocycles. The highest BCUT2D eigenvalue weighted by atomic mass is 16.3. The molecule has 1 nitrogen and oxygen atoms in total. The van der Waals surface area contributed by atoms with Crippen molar-refractivity contribution in [2.75, 3.05) is 0 Å². The fourth-order valence-electron chi connectivity index (χ4n) is 1.97. The van der Waals surface area contributed by atoms with Gasteiger partial charge in [0.15, 0.2) is 0 Å². The zero-order valence-corrected chi connectivity index (χ0v) is 8.76. The Hall–Kier alpha value is -1.50. The molecule has 0 saturated heterocycles. The number of aryl methyl sites for hydroxylation is 3. The van der Waals surface area contributed by atoms with Crippen LogP contribution < -0.4 is 0 Å². The average Bonchev–Trinajstić information content (AvgIpc) is 2.14. The Morgan fingerprint density at radius 1 is 1.00 bits per heavy atom. The lowest BCUT2D eigenvalue weighted by Crippen LogP contribution is -1.87. The van der Waals surface area contributed by atoms with Crippen LogP contribution in [0.1, 0.15) is 16.7 Å². The molecule has 0 atom stereocenters. The Morgan fingerprint density at radius 3 is 2.43 bits per heavy atom. The summed E-state index contributed by atoms with van der Waals surface area (Å²) >= 11 is 0. The molecular weight excluding hydrogens is 172 g/mol. The van der Waals surface area contributed by atoms with Gasteiger partial charge in [-0.2, -0.15) is 0 Å². The first-order chi connectivity index (χ1) is 6.61. The molecule has 0 heterocycles. The van der Waals surface area contributed by atoms with E-state index in [9.17, 15) is 5.11 Å². The molecule has 1 N–H and O–H groups in total. The summed E-state index contributed by atoms with van der Waals surface area (Å²) in [7, 11) is 0. The van der Waals surface area contributed by atoms with E-state index in [1.54, 1.807) is 0 Å². The predicted octanol–water partition coefficient (Wildman–Crippen LogP) is 3.47. The third kappa shape index (κ3) is 1.17. The average molecular weight is 186 g/mol. The van der Waals surface area contributed by atoms with Crippen molar-refractivity contribution in [1.29, 1.82) is 0 Å². The van der Waals surface area contributed by atoms with Crippen LogP contribution in [0.15, 0.2) is 24.3 Å². The van der Waals surface area contributed by atoms with Crippen molar-refractivity contribution in [2.45, 2.75) is 20.8 Å². The highest BCUT2D eigenvalue weighted by molar-refractivity contribution is 5.94. The number of phenols is 1. The molecule has 2 rings (SSSR count). The second kappa shape index (κ2) is 3.02. The lowest BCUT2D eigenvalue weighted by Gasteiger charge is -2.10. The summed E-state index contributed by atoms with van der Waals surface area (Å²) in [5.74, 6) is 0.381. The SMILES string of the molecule is Cc1cc(O)c2cccc(C)c2c1C. The zero-order chi connectivity index (χ0) is 10.3. The van der Waals surface area contributed by atoms with Crippen molar-refractivity contribution in [3.05, 3.63) is 41.0 Å². The van der Waals surface area contributed by atoms with E-state index < -0.39 is 0 Å². The second-order valence-electron chi connectivity index (χ2n) is 3.84. The minimum absolute atomic E-state index is 0.381. The Kier molecular flexibility index (Phi) is 1.95. The predicted molar refractivity (Wildman–Crippen MR) is 59.8 cm³/mol. The van der Waals surface area contributed by atoms with Crippen LogP contribution >= 0.6 is 0 Å². The number of hydrogen-bond donors (Lipinski definition) is 1. The Bertz CT molecular complexity index is 498. The van der Waals surface area contributed by atoms with Crippen LogP contribution in [0.5, 0.6) is 5.75 Å². The molecule has 2 aromatic rings. The summed E-state index contributed by atoms with van der Waals surface area (Å²) in [6, 6.07) is 7.85. The number of rotatable bonds is 0. The van der Waals surface area contributed by atoms with Gasteiger partial charge in [0, 0.05) is 5.39 Å². The van der Waals surface area contributed by atoms with Gasteiger partial charge < -0.3 is 5.11 Å². The number of aromatic hydroxyl groups is 1. The standard InChI is InChI=1S/C13H14O/c1-8-5-4-6-11-12(14)7-9(2)10(3)13(8)11/h4-7,14H,1-3H3. The molecule has 0 unspecified atom stereocenters. The fraction of sp³-hybridized carbons (Fsp3) is 0.231. The van der Waals surface area contributed by atoms with Crippen LogP contribution in [-0.2, 0) is 0 Å². The Balaban J connectivity index is 3.03. The first kappa shape index (κ1) is 9.07. The second-order valence-corrected chi connectivity index (χ2v) is 3.84. The molecule has 2 aromatic carbocycles. The molecule has 0 aliphatic rings. The largest absolute Gasteiger partial charge is 0.507 e. The van der Waals surface area contributed by atoms with Crippen molar-refractivity contribution in [3.8, 4) is 5.75 Å². The van der Waals surface area contributed by atoms with E-state index in [2.05, 4.69) is 19.9 Å². The van der Waals surface area contributed by atoms with Gasteiger partial charge >= 0.3 is 0 Å². The normalized spacial score (nSPS) is 10.8. The Labute approximate surface area is 84.0 Å². The van der Waals surface area contributed by atoms with Crippen molar-refractivity contribution >= 4 is 10.8 Å². The highest BCUT2D eigenvalue weighted by Crippen LogP contribution is 2.31. The summed E-state index contributed by atoms with van der Waals surface area (Å²) in [5.41, 5.74) is 3.62. The van der Waals surface area contributed by atoms with Gasteiger partial charge in [0.1, 0.15) is 5.75 Å². The van der Waals surface area contributed by atoms with Crippen LogP contribution in [0.25, 0.3) is 10.8 Å². The fourth-order valence-corrected chi connectivity index (χ4v) is 1.97. The number of fused-ring (bicyclic) bond motifs is 1. The summed E-state index contributed by atoms with van der Waals surface area (Å²) in [4.78, 5) is 0. The quantitative estimate of drug-likeness (QED) is 0.668. The summed E-state index contributed by atoms with van der Waals surface area (Å²) in [6.45, 7) is 6.21. The molecule has 0 bridgehead atoms. The molecule has 0 saturated carbocycles. The topological polar surface area (TPSA) is 20.2 Å². The van der Waals surface area contributed by atoms with Crippen molar-refractivity contribution in [2.24, 2.45) is 0 Å². The summed E-state index contributed by atoms with van der Waals surface area (Å²) in [5, 5.41) is 11.9. The maximum absolute atomic E-state index is 9.80. The molecule has 0 amide bonds. The van der Waals surface area contributed by atoms with Crippen molar-refractivity contribution < 1.29 is 5.11 Å². The van der Waals surface area contributed by atoms with E-state index in [1.807, 2.05) is 25.1 Å².